The van der Waals surface area contributed by atoms with Crippen LogP contribution in [0.2, 0.25) is 0 Å². The zero-order chi connectivity index (χ0) is 14.1. The second-order valence-electron chi connectivity index (χ2n) is 5.65. The highest BCUT2D eigenvalue weighted by Crippen LogP contribution is 2.29. The number of likely N-dealkylation sites (tertiary alicyclic amines) is 1. The lowest BCUT2D eigenvalue weighted by Gasteiger charge is -2.36. The van der Waals surface area contributed by atoms with Crippen molar-refractivity contribution in [3.8, 4) is 0 Å². The minimum atomic E-state index is -0.230. The smallest absolute Gasteiger partial charge is 0.224 e. The number of fused-ring (bicyclic) bond motifs is 1. The SMILES string of the molecule is NCc1ccc(F)cc1CN1CCCC2C(=O)NCC21. The van der Waals surface area contributed by atoms with Crippen molar-refractivity contribution in [3.63, 3.8) is 0 Å². The maximum atomic E-state index is 13.4. The predicted molar refractivity (Wildman–Crippen MR) is 74.2 cm³/mol. The molecule has 0 saturated carbocycles. The Kier molecular flexibility index (Phi) is 3.72. The second-order valence-corrected chi connectivity index (χ2v) is 5.65. The molecule has 1 aromatic carbocycles. The molecule has 5 heteroatoms. The number of hydrogen-bond donors (Lipinski definition) is 2. The number of carbonyl (C=O) groups excluding carboxylic acids is 1. The van der Waals surface area contributed by atoms with Gasteiger partial charge in [-0.25, -0.2) is 4.39 Å². The van der Waals surface area contributed by atoms with E-state index in [2.05, 4.69) is 10.2 Å². The van der Waals surface area contributed by atoms with E-state index in [0.717, 1.165) is 30.5 Å². The van der Waals surface area contributed by atoms with E-state index in [0.29, 0.717) is 19.6 Å². The van der Waals surface area contributed by atoms with E-state index in [9.17, 15) is 9.18 Å². The van der Waals surface area contributed by atoms with Crippen LogP contribution in [0.4, 0.5) is 4.39 Å². The Morgan fingerprint density at radius 1 is 1.40 bits per heavy atom. The molecule has 4 nitrogen and oxygen atoms in total. The molecule has 20 heavy (non-hydrogen) atoms. The fourth-order valence-electron chi connectivity index (χ4n) is 3.40. The summed E-state index contributed by atoms with van der Waals surface area (Å²) in [5.41, 5.74) is 7.64. The predicted octanol–water partition coefficient (Wildman–Crippen LogP) is 0.995. The normalized spacial score (nSPS) is 26.4. The van der Waals surface area contributed by atoms with Gasteiger partial charge in [-0.2, -0.15) is 0 Å². The highest BCUT2D eigenvalue weighted by atomic mass is 19.1. The lowest BCUT2D eigenvalue weighted by Crippen LogP contribution is -2.45. The fraction of sp³-hybridized carbons (Fsp3) is 0.533. The van der Waals surface area contributed by atoms with Crippen LogP contribution in [0, 0.1) is 11.7 Å². The first kappa shape index (κ1) is 13.5. The standard InChI is InChI=1S/C15H20FN3O/c16-12-4-3-10(7-17)11(6-12)9-19-5-1-2-13-14(19)8-18-15(13)20/h3-4,6,13-14H,1-2,5,7-9,17H2,(H,18,20). The van der Waals surface area contributed by atoms with E-state index in [1.54, 1.807) is 12.1 Å². The van der Waals surface area contributed by atoms with Crippen molar-refractivity contribution in [1.29, 1.82) is 0 Å². The molecule has 2 atom stereocenters. The van der Waals surface area contributed by atoms with Crippen molar-refractivity contribution in [3.05, 3.63) is 35.1 Å². The van der Waals surface area contributed by atoms with Gasteiger partial charge < -0.3 is 11.1 Å². The van der Waals surface area contributed by atoms with Crippen LogP contribution in [0.5, 0.6) is 0 Å². The zero-order valence-electron chi connectivity index (χ0n) is 11.4. The Morgan fingerprint density at radius 3 is 3.05 bits per heavy atom. The lowest BCUT2D eigenvalue weighted by molar-refractivity contribution is -0.124. The Balaban J connectivity index is 1.80. The fourth-order valence-corrected chi connectivity index (χ4v) is 3.40. The van der Waals surface area contributed by atoms with Gasteiger partial charge in [0.15, 0.2) is 0 Å². The molecule has 108 valence electrons. The number of rotatable bonds is 3. The van der Waals surface area contributed by atoms with Gasteiger partial charge in [-0.1, -0.05) is 6.07 Å². The molecule has 2 heterocycles. The minimum Gasteiger partial charge on any atom is -0.354 e. The molecule has 2 aliphatic heterocycles. The number of amides is 1. The molecule has 0 aliphatic carbocycles. The number of nitrogens with two attached hydrogens (primary N) is 1. The first-order valence-corrected chi connectivity index (χ1v) is 7.18. The molecule has 2 saturated heterocycles. The van der Waals surface area contributed by atoms with Gasteiger partial charge in [-0.15, -0.1) is 0 Å². The lowest BCUT2D eigenvalue weighted by atomic mass is 9.91. The van der Waals surface area contributed by atoms with E-state index in [1.807, 2.05) is 0 Å². The highest BCUT2D eigenvalue weighted by molar-refractivity contribution is 5.82. The number of benzene rings is 1. The highest BCUT2D eigenvalue weighted by Gasteiger charge is 2.40. The number of nitrogens with one attached hydrogen (secondary N) is 1. The zero-order valence-corrected chi connectivity index (χ0v) is 11.4. The van der Waals surface area contributed by atoms with E-state index in [4.69, 9.17) is 5.73 Å². The van der Waals surface area contributed by atoms with Gasteiger partial charge in [-0.3, -0.25) is 9.69 Å². The average Bonchev–Trinajstić information content (AvgIpc) is 2.82. The molecule has 1 aromatic rings. The topological polar surface area (TPSA) is 58.4 Å². The molecule has 2 aliphatic rings. The first-order valence-electron chi connectivity index (χ1n) is 7.18. The summed E-state index contributed by atoms with van der Waals surface area (Å²) in [6, 6.07) is 5.01. The second kappa shape index (κ2) is 5.50. The number of carbonyl (C=O) groups is 1. The first-order chi connectivity index (χ1) is 9.69. The largest absolute Gasteiger partial charge is 0.354 e. The van der Waals surface area contributed by atoms with E-state index >= 15 is 0 Å². The van der Waals surface area contributed by atoms with Crippen LogP contribution in [0.25, 0.3) is 0 Å². The number of piperidine rings is 1. The van der Waals surface area contributed by atoms with Gasteiger partial charge in [0.1, 0.15) is 5.82 Å². The van der Waals surface area contributed by atoms with Crippen molar-refractivity contribution in [1.82, 2.24) is 10.2 Å². The van der Waals surface area contributed by atoms with Crippen molar-refractivity contribution in [2.75, 3.05) is 13.1 Å². The van der Waals surface area contributed by atoms with E-state index < -0.39 is 0 Å². The number of hydrogen-bond acceptors (Lipinski definition) is 3. The van der Waals surface area contributed by atoms with Gasteiger partial charge in [0.05, 0.1) is 5.92 Å². The summed E-state index contributed by atoms with van der Waals surface area (Å²) in [7, 11) is 0. The molecule has 0 spiro atoms. The molecule has 3 N–H and O–H groups in total. The summed E-state index contributed by atoms with van der Waals surface area (Å²) in [6.45, 7) is 2.74. The van der Waals surface area contributed by atoms with Crippen LogP contribution in [-0.2, 0) is 17.9 Å². The van der Waals surface area contributed by atoms with Gasteiger partial charge in [0, 0.05) is 25.7 Å². The van der Waals surface area contributed by atoms with Gasteiger partial charge >= 0.3 is 0 Å². The van der Waals surface area contributed by atoms with Crippen LogP contribution < -0.4 is 11.1 Å². The molecule has 1 amide bonds. The molecule has 2 unspecified atom stereocenters. The monoisotopic (exact) mass is 277 g/mol. The van der Waals surface area contributed by atoms with Gasteiger partial charge in [0.25, 0.3) is 0 Å². The number of nitrogens with zero attached hydrogens (tertiary/aromatic N) is 1. The summed E-state index contributed by atoms with van der Waals surface area (Å²) in [5, 5.41) is 2.94. The summed E-state index contributed by atoms with van der Waals surface area (Å²) >= 11 is 0. The third kappa shape index (κ3) is 2.43. The van der Waals surface area contributed by atoms with E-state index in [-0.39, 0.29) is 23.7 Å². The van der Waals surface area contributed by atoms with Crippen molar-refractivity contribution < 1.29 is 9.18 Å². The Morgan fingerprint density at radius 2 is 2.25 bits per heavy atom. The third-order valence-electron chi connectivity index (χ3n) is 4.48. The van der Waals surface area contributed by atoms with Crippen molar-refractivity contribution in [2.24, 2.45) is 11.7 Å². The quantitative estimate of drug-likeness (QED) is 0.866. The molecule has 0 radical (unpaired) electrons. The van der Waals surface area contributed by atoms with Gasteiger partial charge in [-0.05, 0) is 42.6 Å². The summed E-state index contributed by atoms with van der Waals surface area (Å²) in [6.07, 6.45) is 1.97. The Bertz CT molecular complexity index is 520. The molecule has 3 rings (SSSR count). The Hall–Kier alpha value is -1.46. The van der Waals surface area contributed by atoms with Crippen molar-refractivity contribution >= 4 is 5.91 Å². The molecular weight excluding hydrogens is 257 g/mol. The van der Waals surface area contributed by atoms with Crippen LogP contribution in [0.1, 0.15) is 24.0 Å². The third-order valence-corrected chi connectivity index (χ3v) is 4.48. The van der Waals surface area contributed by atoms with Crippen LogP contribution in [-0.4, -0.2) is 29.9 Å². The van der Waals surface area contributed by atoms with E-state index in [1.165, 1.54) is 6.07 Å². The molecule has 0 bridgehead atoms. The minimum absolute atomic E-state index is 0.0960. The van der Waals surface area contributed by atoms with Crippen LogP contribution in [0.3, 0.4) is 0 Å². The molecular formula is C15H20FN3O. The van der Waals surface area contributed by atoms with Crippen LogP contribution in [0.15, 0.2) is 18.2 Å². The van der Waals surface area contributed by atoms with Crippen LogP contribution >= 0.6 is 0 Å². The maximum Gasteiger partial charge on any atom is 0.224 e. The average molecular weight is 277 g/mol. The Labute approximate surface area is 118 Å². The summed E-state index contributed by atoms with van der Waals surface area (Å²) in [5.74, 6) is 0.0306. The molecule has 2 fully saturated rings. The maximum absolute atomic E-state index is 13.4. The van der Waals surface area contributed by atoms with Crippen molar-refractivity contribution in [2.45, 2.75) is 32.0 Å². The van der Waals surface area contributed by atoms with Gasteiger partial charge in [0.2, 0.25) is 5.91 Å². The summed E-state index contributed by atoms with van der Waals surface area (Å²) in [4.78, 5) is 14.1. The molecule has 0 aromatic heterocycles. The number of halogens is 1. The summed E-state index contributed by atoms with van der Waals surface area (Å²) < 4.78 is 13.4.